The first kappa shape index (κ1) is 45.9. The number of rotatable bonds is 32. The van der Waals surface area contributed by atoms with Gasteiger partial charge in [-0.1, -0.05) is 116 Å². The minimum absolute atomic E-state index is 0.0364. The lowest BCUT2D eigenvalue weighted by Gasteiger charge is -2.41. The lowest BCUT2D eigenvalue weighted by atomic mass is 9.99. The van der Waals surface area contributed by atoms with Gasteiger partial charge in [0.15, 0.2) is 6.29 Å². The van der Waals surface area contributed by atoms with Crippen molar-refractivity contribution in [1.82, 2.24) is 0 Å². The van der Waals surface area contributed by atoms with E-state index in [1.807, 2.05) is 0 Å². The Hall–Kier alpha value is -1.16. The summed E-state index contributed by atoms with van der Waals surface area (Å²) in [6.07, 6.45) is 18.3. The summed E-state index contributed by atoms with van der Waals surface area (Å²) in [4.78, 5) is 12.7. The minimum Gasteiger partial charge on any atom is -0.457 e. The lowest BCUT2D eigenvalue weighted by Crippen LogP contribution is -2.60. The second-order valence-corrected chi connectivity index (χ2v) is 14.2. The number of allylic oxidation sites excluding steroid dienone is 2. The van der Waals surface area contributed by atoms with Crippen LogP contribution in [-0.2, 0) is 38.3 Å². The summed E-state index contributed by atoms with van der Waals surface area (Å²) in [6, 6.07) is 0. The van der Waals surface area contributed by atoms with Crippen LogP contribution in [0.3, 0.4) is 0 Å². The number of aliphatic hydroxyl groups is 3. The van der Waals surface area contributed by atoms with Crippen molar-refractivity contribution >= 4 is 16.4 Å². The van der Waals surface area contributed by atoms with Gasteiger partial charge in [-0.25, -0.2) is 4.18 Å². The number of carbonyl (C=O) groups is 1. The van der Waals surface area contributed by atoms with E-state index in [4.69, 9.17) is 23.5 Å². The first-order chi connectivity index (χ1) is 23.6. The van der Waals surface area contributed by atoms with Crippen LogP contribution in [0.1, 0.15) is 149 Å². The predicted molar refractivity (Wildman–Crippen MR) is 188 cm³/mol. The molecule has 0 saturated carbocycles. The Morgan fingerprint density at radius 3 is 1.86 bits per heavy atom. The molecule has 0 aromatic carbocycles. The highest BCUT2D eigenvalue weighted by molar-refractivity contribution is 7.80. The van der Waals surface area contributed by atoms with Crippen molar-refractivity contribution in [3.05, 3.63) is 12.2 Å². The van der Waals surface area contributed by atoms with Gasteiger partial charge in [-0.15, -0.1) is 0 Å². The van der Waals surface area contributed by atoms with Crippen molar-refractivity contribution in [3.8, 4) is 0 Å². The maximum Gasteiger partial charge on any atom is 0.397 e. The van der Waals surface area contributed by atoms with E-state index in [9.17, 15) is 28.5 Å². The molecule has 6 atom stereocenters. The zero-order valence-corrected chi connectivity index (χ0v) is 31.1. The molecule has 12 nitrogen and oxygen atoms in total. The third-order valence-electron chi connectivity index (χ3n) is 8.64. The first-order valence-corrected chi connectivity index (χ1v) is 20.3. The number of ether oxygens (including phenoxy) is 4. The second-order valence-electron chi connectivity index (χ2n) is 13.2. The van der Waals surface area contributed by atoms with Gasteiger partial charge in [0.25, 0.3) is 0 Å². The second kappa shape index (κ2) is 29.4. The highest BCUT2D eigenvalue weighted by Crippen LogP contribution is 2.26. The Balaban J connectivity index is 2.52. The molecule has 13 heteroatoms. The smallest absolute Gasteiger partial charge is 0.397 e. The van der Waals surface area contributed by atoms with Crippen LogP contribution in [0, 0.1) is 0 Å². The molecule has 0 bridgehead atoms. The number of unbranched alkanes of at least 4 members (excludes halogenated alkanes) is 17. The number of hydrogen-bond donors (Lipinski definition) is 4. The Morgan fingerprint density at radius 1 is 0.755 bits per heavy atom. The van der Waals surface area contributed by atoms with Crippen LogP contribution in [0.15, 0.2) is 12.2 Å². The summed E-state index contributed by atoms with van der Waals surface area (Å²) in [7, 11) is -5.05. The van der Waals surface area contributed by atoms with Gasteiger partial charge in [-0.05, 0) is 38.5 Å². The van der Waals surface area contributed by atoms with Crippen LogP contribution in [0.25, 0.3) is 0 Å². The van der Waals surface area contributed by atoms with Gasteiger partial charge in [0.05, 0.1) is 19.8 Å². The number of carbonyl (C=O) groups excluding carboxylic acids is 1. The van der Waals surface area contributed by atoms with Gasteiger partial charge in [-0.2, -0.15) is 8.42 Å². The van der Waals surface area contributed by atoms with Crippen molar-refractivity contribution in [2.24, 2.45) is 0 Å². The van der Waals surface area contributed by atoms with Gasteiger partial charge in [0.2, 0.25) is 0 Å². The van der Waals surface area contributed by atoms with E-state index in [1.165, 1.54) is 64.2 Å². The van der Waals surface area contributed by atoms with E-state index in [0.717, 1.165) is 57.8 Å². The molecule has 4 N–H and O–H groups in total. The maximum atomic E-state index is 12.7. The molecule has 0 aromatic heterocycles. The Kier molecular flexibility index (Phi) is 27.5. The largest absolute Gasteiger partial charge is 0.457 e. The normalized spacial score (nSPS) is 22.1. The van der Waals surface area contributed by atoms with Crippen molar-refractivity contribution in [3.63, 3.8) is 0 Å². The lowest BCUT2D eigenvalue weighted by molar-refractivity contribution is -0.301. The number of aliphatic hydroxyl groups excluding tert-OH is 3. The quantitative estimate of drug-likeness (QED) is 0.0262. The van der Waals surface area contributed by atoms with Crippen molar-refractivity contribution in [1.29, 1.82) is 0 Å². The van der Waals surface area contributed by atoms with Crippen LogP contribution in [0.4, 0.5) is 0 Å². The summed E-state index contributed by atoms with van der Waals surface area (Å²) in [6.45, 7) is 3.92. The third-order valence-corrected chi connectivity index (χ3v) is 9.10. The van der Waals surface area contributed by atoms with E-state index in [-0.39, 0.29) is 19.6 Å². The molecular weight excluding hydrogens is 656 g/mol. The molecule has 1 heterocycles. The summed E-state index contributed by atoms with van der Waals surface area (Å²) < 4.78 is 58.6. The molecule has 1 aliphatic rings. The SMILES string of the molecule is CCCCCC/C=C\CCCCCCCC(=O)OC(COCCCCCCCCCCC)COC1OC(CO)C(O)C(OS(=O)(=O)O)C1O. The van der Waals surface area contributed by atoms with Crippen LogP contribution in [0.5, 0.6) is 0 Å². The maximum absolute atomic E-state index is 12.7. The predicted octanol–water partition coefficient (Wildman–Crippen LogP) is 6.35. The van der Waals surface area contributed by atoms with Crippen molar-refractivity contribution in [2.75, 3.05) is 26.4 Å². The van der Waals surface area contributed by atoms with Gasteiger partial charge in [0.1, 0.15) is 30.5 Å². The van der Waals surface area contributed by atoms with Gasteiger partial charge >= 0.3 is 16.4 Å². The summed E-state index contributed by atoms with van der Waals surface area (Å²) in [5, 5.41) is 30.5. The molecule has 0 aliphatic carbocycles. The Labute approximate surface area is 296 Å². The molecule has 1 fully saturated rings. The molecule has 0 radical (unpaired) electrons. The van der Waals surface area contributed by atoms with Gasteiger partial charge < -0.3 is 34.3 Å². The molecule has 0 aromatic rings. The van der Waals surface area contributed by atoms with E-state index in [2.05, 4.69) is 30.2 Å². The molecule has 1 saturated heterocycles. The van der Waals surface area contributed by atoms with Gasteiger partial charge in [-0.3, -0.25) is 9.35 Å². The average molecular weight is 725 g/mol. The topological polar surface area (TPSA) is 178 Å². The molecule has 0 spiro atoms. The average Bonchev–Trinajstić information content (AvgIpc) is 3.06. The highest BCUT2D eigenvalue weighted by Gasteiger charge is 2.48. The van der Waals surface area contributed by atoms with Crippen LogP contribution >= 0.6 is 0 Å². The zero-order chi connectivity index (χ0) is 36.2. The molecule has 1 aliphatic heterocycles. The summed E-state index contributed by atoms with van der Waals surface area (Å²) in [5.74, 6) is -0.410. The first-order valence-electron chi connectivity index (χ1n) is 18.9. The Morgan fingerprint density at radius 2 is 1.29 bits per heavy atom. The van der Waals surface area contributed by atoms with E-state index in [1.54, 1.807) is 0 Å². The van der Waals surface area contributed by atoms with Crippen molar-refractivity contribution < 1.29 is 56.2 Å². The zero-order valence-electron chi connectivity index (χ0n) is 30.3. The van der Waals surface area contributed by atoms with Crippen LogP contribution in [-0.4, -0.2) is 97.5 Å². The molecule has 0 amide bonds. The van der Waals surface area contributed by atoms with E-state index in [0.29, 0.717) is 13.0 Å². The fourth-order valence-electron chi connectivity index (χ4n) is 5.72. The fraction of sp³-hybridized carbons (Fsp3) is 0.917. The van der Waals surface area contributed by atoms with Crippen LogP contribution < -0.4 is 0 Å². The summed E-state index contributed by atoms with van der Waals surface area (Å²) >= 11 is 0. The van der Waals surface area contributed by atoms with Crippen LogP contribution in [0.2, 0.25) is 0 Å². The molecule has 290 valence electrons. The summed E-state index contributed by atoms with van der Waals surface area (Å²) in [5.41, 5.74) is 0. The van der Waals surface area contributed by atoms with E-state index < -0.39 is 59.8 Å². The van der Waals surface area contributed by atoms with Gasteiger partial charge in [0, 0.05) is 13.0 Å². The minimum atomic E-state index is -5.05. The Bertz CT molecular complexity index is 931. The molecule has 6 unspecified atom stereocenters. The van der Waals surface area contributed by atoms with Crippen molar-refractivity contribution in [2.45, 2.75) is 185 Å². The fourth-order valence-corrected chi connectivity index (χ4v) is 6.23. The monoisotopic (exact) mass is 724 g/mol. The van der Waals surface area contributed by atoms with E-state index >= 15 is 0 Å². The molecule has 49 heavy (non-hydrogen) atoms. The number of hydrogen-bond acceptors (Lipinski definition) is 11. The molecular formula is C36H68O12S. The molecule has 1 rings (SSSR count). The standard InChI is InChI=1S/C36H68O12S/c1-3-5-7-9-11-13-14-15-16-17-19-21-23-25-32(38)46-30(28-44-26-24-22-20-18-12-10-8-6-4-2)29-45-36-34(40)35(48-49(41,42)43)33(39)31(27-37)47-36/h13-14,30-31,33-37,39-40H,3-12,15-29H2,1-2H3,(H,41,42,43)/b14-13-. The highest BCUT2D eigenvalue weighted by atomic mass is 32.3. The number of esters is 1. The third kappa shape index (κ3) is 23.8.